The lowest BCUT2D eigenvalue weighted by Crippen LogP contribution is -2.24. The Labute approximate surface area is 175 Å². The van der Waals surface area contributed by atoms with Crippen molar-refractivity contribution in [1.82, 2.24) is 0 Å². The molecule has 4 aromatic rings. The average molecular weight is 425 g/mol. The van der Waals surface area contributed by atoms with Gasteiger partial charge in [-0.2, -0.15) is 13.2 Å². The van der Waals surface area contributed by atoms with Gasteiger partial charge in [-0.05, 0) is 42.0 Å². The molecule has 0 N–H and O–H groups in total. The van der Waals surface area contributed by atoms with Crippen LogP contribution in [0, 0.1) is 0 Å². The van der Waals surface area contributed by atoms with E-state index in [1.165, 1.54) is 12.1 Å². The molecule has 1 fully saturated rings. The van der Waals surface area contributed by atoms with Crippen molar-refractivity contribution in [2.45, 2.75) is 18.5 Å². The van der Waals surface area contributed by atoms with Crippen LogP contribution >= 0.6 is 0 Å². The molecule has 4 nitrogen and oxygen atoms in total. The summed E-state index contributed by atoms with van der Waals surface area (Å²) >= 11 is 0. The number of halogens is 3. The highest BCUT2D eigenvalue weighted by Crippen LogP contribution is 2.42. The van der Waals surface area contributed by atoms with Gasteiger partial charge in [-0.3, -0.25) is 4.79 Å². The highest BCUT2D eigenvalue weighted by atomic mass is 19.4. The maximum atomic E-state index is 12.9. The number of rotatable bonds is 3. The van der Waals surface area contributed by atoms with Crippen LogP contribution in [0.2, 0.25) is 0 Å². The molecule has 1 aliphatic heterocycles. The first-order valence-electron chi connectivity index (χ1n) is 9.82. The van der Waals surface area contributed by atoms with E-state index >= 15 is 0 Å². The van der Waals surface area contributed by atoms with Gasteiger partial charge in [-0.15, -0.1) is 0 Å². The second-order valence-electron chi connectivity index (χ2n) is 7.61. The predicted molar refractivity (Wildman–Crippen MR) is 111 cm³/mol. The summed E-state index contributed by atoms with van der Waals surface area (Å²) in [5, 5.41) is 1.84. The van der Waals surface area contributed by atoms with E-state index in [0.717, 1.165) is 34.1 Å². The van der Waals surface area contributed by atoms with Gasteiger partial charge in [-0.1, -0.05) is 24.3 Å². The summed E-state index contributed by atoms with van der Waals surface area (Å²) in [6.07, 6.45) is -4.14. The van der Waals surface area contributed by atoms with Crippen molar-refractivity contribution in [3.05, 3.63) is 71.8 Å². The number of methoxy groups -OCH3 is 1. The number of fused-ring (bicyclic) bond motifs is 3. The van der Waals surface area contributed by atoms with Crippen LogP contribution in [0.1, 0.15) is 23.5 Å². The van der Waals surface area contributed by atoms with Crippen LogP contribution in [0.25, 0.3) is 21.9 Å². The average Bonchev–Trinajstić information content (AvgIpc) is 3.33. The number of amides is 1. The molecule has 3 aromatic carbocycles. The zero-order valence-corrected chi connectivity index (χ0v) is 16.6. The third-order valence-electron chi connectivity index (χ3n) is 5.81. The van der Waals surface area contributed by atoms with Gasteiger partial charge in [0.25, 0.3) is 0 Å². The summed E-state index contributed by atoms with van der Waals surface area (Å²) in [6, 6.07) is 16.1. The zero-order valence-electron chi connectivity index (χ0n) is 16.6. The van der Waals surface area contributed by atoms with Crippen LogP contribution in [0.4, 0.5) is 18.9 Å². The van der Waals surface area contributed by atoms with Crippen LogP contribution < -0.4 is 9.64 Å². The number of nitrogens with zero attached hydrogens (tertiary/aromatic N) is 1. The molecule has 0 bridgehead atoms. The molecule has 7 heteroatoms. The normalized spacial score (nSPS) is 17.1. The summed E-state index contributed by atoms with van der Waals surface area (Å²) < 4.78 is 50.1. The standard InChI is InChI=1S/C24H18F3NO3/c1-30-20-11-10-17(22-18-4-2-3-5-19(18)31-23(20)22)14-12-21(29)28(13-14)16-8-6-15(7-9-16)24(25,26)27/h2-11,14H,12-13H2,1H3. The second kappa shape index (κ2) is 7.04. The highest BCUT2D eigenvalue weighted by Gasteiger charge is 2.35. The van der Waals surface area contributed by atoms with Crippen LogP contribution in [-0.2, 0) is 11.0 Å². The minimum atomic E-state index is -4.41. The topological polar surface area (TPSA) is 42.7 Å². The van der Waals surface area contributed by atoms with Crippen LogP contribution in [0.15, 0.2) is 65.1 Å². The number of benzene rings is 3. The number of carbonyl (C=O) groups is 1. The maximum absolute atomic E-state index is 12.9. The molecule has 5 rings (SSSR count). The van der Waals surface area contributed by atoms with Gasteiger partial charge in [0.15, 0.2) is 11.3 Å². The lowest BCUT2D eigenvalue weighted by Gasteiger charge is -2.18. The van der Waals surface area contributed by atoms with Crippen LogP contribution in [0.5, 0.6) is 5.75 Å². The van der Waals surface area contributed by atoms with Crippen molar-refractivity contribution in [2.24, 2.45) is 0 Å². The van der Waals surface area contributed by atoms with E-state index in [1.807, 2.05) is 36.4 Å². The summed E-state index contributed by atoms with van der Waals surface area (Å²) in [7, 11) is 1.58. The van der Waals surface area contributed by atoms with Crippen LogP contribution in [-0.4, -0.2) is 19.6 Å². The van der Waals surface area contributed by atoms with Crippen molar-refractivity contribution in [2.75, 3.05) is 18.6 Å². The zero-order chi connectivity index (χ0) is 21.8. The number of para-hydroxylation sites is 1. The maximum Gasteiger partial charge on any atom is 0.416 e. The summed E-state index contributed by atoms with van der Waals surface area (Å²) in [5.41, 5.74) is 2.04. The predicted octanol–water partition coefficient (Wildman–Crippen LogP) is 6.13. The van der Waals surface area contributed by atoms with Gasteiger partial charge in [0, 0.05) is 35.3 Å². The first-order valence-corrected chi connectivity index (χ1v) is 9.82. The van der Waals surface area contributed by atoms with Crippen LogP contribution in [0.3, 0.4) is 0 Å². The molecule has 158 valence electrons. The molecular formula is C24H18F3NO3. The van der Waals surface area contributed by atoms with E-state index in [4.69, 9.17) is 9.15 Å². The molecule has 0 radical (unpaired) electrons. The Balaban J connectivity index is 1.54. The summed E-state index contributed by atoms with van der Waals surface area (Å²) in [5.74, 6) is 0.365. The minimum Gasteiger partial charge on any atom is -0.493 e. The first-order chi connectivity index (χ1) is 14.9. The lowest BCUT2D eigenvalue weighted by molar-refractivity contribution is -0.137. The number of anilines is 1. The van der Waals surface area contributed by atoms with Gasteiger partial charge in [0.1, 0.15) is 5.58 Å². The first kappa shape index (κ1) is 19.5. The number of ether oxygens (including phenoxy) is 1. The Morgan fingerprint density at radius 2 is 1.77 bits per heavy atom. The summed E-state index contributed by atoms with van der Waals surface area (Å²) in [4.78, 5) is 14.3. The number of carbonyl (C=O) groups excluding carboxylic acids is 1. The van der Waals surface area contributed by atoms with Crippen molar-refractivity contribution in [1.29, 1.82) is 0 Å². The van der Waals surface area contributed by atoms with Crippen molar-refractivity contribution < 1.29 is 27.1 Å². The fraction of sp³-hybridized carbons (Fsp3) is 0.208. The van der Waals surface area contributed by atoms with Gasteiger partial charge in [-0.25, -0.2) is 0 Å². The highest BCUT2D eigenvalue weighted by molar-refractivity contribution is 6.09. The Hall–Kier alpha value is -3.48. The Morgan fingerprint density at radius 1 is 1.03 bits per heavy atom. The lowest BCUT2D eigenvalue weighted by atomic mass is 9.93. The molecule has 1 aliphatic rings. The molecule has 31 heavy (non-hydrogen) atoms. The molecule has 0 saturated carbocycles. The van der Waals surface area contributed by atoms with E-state index in [0.29, 0.717) is 23.6 Å². The smallest absolute Gasteiger partial charge is 0.416 e. The molecule has 1 aromatic heterocycles. The Bertz CT molecular complexity index is 1290. The van der Waals surface area contributed by atoms with E-state index in [1.54, 1.807) is 12.0 Å². The molecule has 0 aliphatic carbocycles. The third kappa shape index (κ3) is 3.21. The van der Waals surface area contributed by atoms with E-state index < -0.39 is 11.7 Å². The van der Waals surface area contributed by atoms with Gasteiger partial charge in [0.05, 0.1) is 12.7 Å². The largest absolute Gasteiger partial charge is 0.493 e. The van der Waals surface area contributed by atoms with Gasteiger partial charge < -0.3 is 14.1 Å². The molecule has 1 atom stereocenters. The van der Waals surface area contributed by atoms with Gasteiger partial charge in [0.2, 0.25) is 5.91 Å². The van der Waals surface area contributed by atoms with E-state index in [-0.39, 0.29) is 18.2 Å². The monoisotopic (exact) mass is 425 g/mol. The van der Waals surface area contributed by atoms with E-state index in [9.17, 15) is 18.0 Å². The molecule has 0 spiro atoms. The van der Waals surface area contributed by atoms with E-state index in [2.05, 4.69) is 0 Å². The van der Waals surface area contributed by atoms with Crippen molar-refractivity contribution in [3.8, 4) is 5.75 Å². The molecule has 2 heterocycles. The second-order valence-corrected chi connectivity index (χ2v) is 7.61. The van der Waals surface area contributed by atoms with Crippen molar-refractivity contribution in [3.63, 3.8) is 0 Å². The Kier molecular flexibility index (Phi) is 4.43. The third-order valence-corrected chi connectivity index (χ3v) is 5.81. The number of furan rings is 1. The molecular weight excluding hydrogens is 407 g/mol. The molecule has 1 amide bonds. The fourth-order valence-corrected chi connectivity index (χ4v) is 4.33. The minimum absolute atomic E-state index is 0.121. The molecule has 1 unspecified atom stereocenters. The number of hydrogen-bond acceptors (Lipinski definition) is 3. The summed E-state index contributed by atoms with van der Waals surface area (Å²) in [6.45, 7) is 0.380. The Morgan fingerprint density at radius 3 is 2.48 bits per heavy atom. The number of hydrogen-bond donors (Lipinski definition) is 0. The number of alkyl halides is 3. The fourth-order valence-electron chi connectivity index (χ4n) is 4.33. The van der Waals surface area contributed by atoms with Crippen molar-refractivity contribution >= 4 is 33.5 Å². The van der Waals surface area contributed by atoms with Gasteiger partial charge >= 0.3 is 6.18 Å². The quantitative estimate of drug-likeness (QED) is 0.396. The SMILES string of the molecule is COc1ccc(C2CC(=O)N(c3ccc(C(F)(F)F)cc3)C2)c2c1oc1ccccc12. The molecule has 1 saturated heterocycles.